The lowest BCUT2D eigenvalue weighted by molar-refractivity contribution is 0.0748. The summed E-state index contributed by atoms with van der Waals surface area (Å²) >= 11 is 0. The largest absolute Gasteiger partial charge is 0.317 e. The first-order valence-corrected chi connectivity index (χ1v) is 8.15. The molecule has 0 aromatic carbocycles. The molecule has 2 nitrogen and oxygen atoms in total. The molecule has 106 valence electrons. The Balaban J connectivity index is 1.77. The lowest BCUT2D eigenvalue weighted by atomic mass is 9.81. The van der Waals surface area contributed by atoms with Crippen LogP contribution in [-0.2, 0) is 0 Å². The second-order valence-corrected chi connectivity index (χ2v) is 6.62. The van der Waals surface area contributed by atoms with E-state index in [4.69, 9.17) is 0 Å². The second-order valence-electron chi connectivity index (χ2n) is 6.62. The minimum atomic E-state index is 0.748. The van der Waals surface area contributed by atoms with E-state index < -0.39 is 0 Å². The van der Waals surface area contributed by atoms with Gasteiger partial charge in [-0.05, 0) is 57.5 Å². The summed E-state index contributed by atoms with van der Waals surface area (Å²) in [6.45, 7) is 7.37. The molecule has 0 radical (unpaired) electrons. The van der Waals surface area contributed by atoms with Crippen molar-refractivity contribution in [1.82, 2.24) is 10.2 Å². The zero-order valence-electron chi connectivity index (χ0n) is 12.6. The molecule has 2 unspecified atom stereocenters. The van der Waals surface area contributed by atoms with Crippen molar-refractivity contribution in [1.29, 1.82) is 0 Å². The molecule has 0 amide bonds. The normalized spacial score (nSPS) is 38.8. The van der Waals surface area contributed by atoms with Crippen molar-refractivity contribution in [2.45, 2.75) is 70.9 Å². The standard InChI is InChI=1S/C16H32N2/c1-4-5-14-6-8-15(9-7-14)18-11-10-16(17-3)13(2)12-18/h13-17H,4-12H2,1-3H3. The average Bonchev–Trinajstić information content (AvgIpc) is 2.40. The molecule has 0 spiro atoms. The number of likely N-dealkylation sites (tertiary alicyclic amines) is 1. The van der Waals surface area contributed by atoms with Crippen molar-refractivity contribution in [3.05, 3.63) is 0 Å². The van der Waals surface area contributed by atoms with Crippen LogP contribution in [0.5, 0.6) is 0 Å². The number of hydrogen-bond donors (Lipinski definition) is 1. The Morgan fingerprint density at radius 2 is 1.83 bits per heavy atom. The maximum absolute atomic E-state index is 3.47. The zero-order chi connectivity index (χ0) is 13.0. The molecule has 1 saturated heterocycles. The summed E-state index contributed by atoms with van der Waals surface area (Å²) < 4.78 is 0. The quantitative estimate of drug-likeness (QED) is 0.826. The van der Waals surface area contributed by atoms with Crippen molar-refractivity contribution >= 4 is 0 Å². The molecule has 1 aliphatic heterocycles. The topological polar surface area (TPSA) is 15.3 Å². The minimum absolute atomic E-state index is 0.748. The predicted molar refractivity (Wildman–Crippen MR) is 78.9 cm³/mol. The highest BCUT2D eigenvalue weighted by Crippen LogP contribution is 2.32. The average molecular weight is 252 g/mol. The van der Waals surface area contributed by atoms with Gasteiger partial charge in [0.15, 0.2) is 0 Å². The van der Waals surface area contributed by atoms with E-state index in [0.717, 1.165) is 23.9 Å². The van der Waals surface area contributed by atoms with E-state index in [-0.39, 0.29) is 0 Å². The van der Waals surface area contributed by atoms with Crippen molar-refractivity contribution in [3.63, 3.8) is 0 Å². The third-order valence-corrected chi connectivity index (χ3v) is 5.34. The molecule has 1 heterocycles. The first-order chi connectivity index (χ1) is 8.74. The lowest BCUT2D eigenvalue weighted by Crippen LogP contribution is -2.51. The van der Waals surface area contributed by atoms with E-state index in [1.54, 1.807) is 0 Å². The molecule has 0 aromatic rings. The SMILES string of the molecule is CCCC1CCC(N2CCC(NC)C(C)C2)CC1. The van der Waals surface area contributed by atoms with Crippen LogP contribution in [-0.4, -0.2) is 37.1 Å². The summed E-state index contributed by atoms with van der Waals surface area (Å²) in [5, 5.41) is 3.47. The molecule has 2 aliphatic rings. The van der Waals surface area contributed by atoms with Gasteiger partial charge in [0.25, 0.3) is 0 Å². The summed E-state index contributed by atoms with van der Waals surface area (Å²) in [5.41, 5.74) is 0. The van der Waals surface area contributed by atoms with Crippen LogP contribution in [0.1, 0.15) is 58.8 Å². The molecule has 2 atom stereocenters. The third-order valence-electron chi connectivity index (χ3n) is 5.34. The summed E-state index contributed by atoms with van der Waals surface area (Å²) in [6, 6.07) is 1.65. The van der Waals surface area contributed by atoms with E-state index in [2.05, 4.69) is 31.1 Å². The van der Waals surface area contributed by atoms with Gasteiger partial charge >= 0.3 is 0 Å². The molecule has 0 bridgehead atoms. The first-order valence-electron chi connectivity index (χ1n) is 8.15. The van der Waals surface area contributed by atoms with E-state index in [1.807, 2.05) is 0 Å². The second kappa shape index (κ2) is 6.91. The zero-order valence-corrected chi connectivity index (χ0v) is 12.6. The predicted octanol–water partition coefficient (Wildman–Crippen LogP) is 3.28. The smallest absolute Gasteiger partial charge is 0.0114 e. The number of nitrogens with one attached hydrogen (secondary N) is 1. The van der Waals surface area contributed by atoms with Crippen LogP contribution in [0.15, 0.2) is 0 Å². The van der Waals surface area contributed by atoms with E-state index in [9.17, 15) is 0 Å². The van der Waals surface area contributed by atoms with Gasteiger partial charge in [-0.1, -0.05) is 26.7 Å². The Hall–Kier alpha value is -0.0800. The van der Waals surface area contributed by atoms with Gasteiger partial charge in [0.2, 0.25) is 0 Å². The van der Waals surface area contributed by atoms with Crippen molar-refractivity contribution < 1.29 is 0 Å². The van der Waals surface area contributed by atoms with E-state index >= 15 is 0 Å². The van der Waals surface area contributed by atoms with Crippen molar-refractivity contribution in [3.8, 4) is 0 Å². The van der Waals surface area contributed by atoms with Gasteiger partial charge in [0.1, 0.15) is 0 Å². The molecule has 1 saturated carbocycles. The number of rotatable bonds is 4. The molecule has 0 aromatic heterocycles. The van der Waals surface area contributed by atoms with Crippen LogP contribution in [0, 0.1) is 11.8 Å². The van der Waals surface area contributed by atoms with Gasteiger partial charge in [0, 0.05) is 18.6 Å². The first kappa shape index (κ1) is 14.3. The molecule has 2 rings (SSSR count). The Bertz CT molecular complexity index is 233. The van der Waals surface area contributed by atoms with Gasteiger partial charge in [-0.2, -0.15) is 0 Å². The highest BCUT2D eigenvalue weighted by Gasteiger charge is 2.31. The van der Waals surface area contributed by atoms with Crippen LogP contribution >= 0.6 is 0 Å². The number of nitrogens with zero attached hydrogens (tertiary/aromatic N) is 1. The highest BCUT2D eigenvalue weighted by atomic mass is 15.2. The molecular formula is C16H32N2. The van der Waals surface area contributed by atoms with Gasteiger partial charge in [-0.3, -0.25) is 0 Å². The van der Waals surface area contributed by atoms with Gasteiger partial charge in [0.05, 0.1) is 0 Å². The van der Waals surface area contributed by atoms with Crippen LogP contribution < -0.4 is 5.32 Å². The van der Waals surface area contributed by atoms with Crippen LogP contribution in [0.25, 0.3) is 0 Å². The Morgan fingerprint density at radius 3 is 2.39 bits per heavy atom. The van der Waals surface area contributed by atoms with Crippen molar-refractivity contribution in [2.24, 2.45) is 11.8 Å². The summed E-state index contributed by atoms with van der Waals surface area (Å²) in [6.07, 6.45) is 10.1. The van der Waals surface area contributed by atoms with E-state index in [0.29, 0.717) is 0 Å². The van der Waals surface area contributed by atoms with Gasteiger partial charge in [-0.15, -0.1) is 0 Å². The highest BCUT2D eigenvalue weighted by molar-refractivity contribution is 4.87. The number of piperidine rings is 1. The number of hydrogen-bond acceptors (Lipinski definition) is 2. The fourth-order valence-corrected chi connectivity index (χ4v) is 4.15. The third kappa shape index (κ3) is 3.48. The summed E-state index contributed by atoms with van der Waals surface area (Å²) in [7, 11) is 2.12. The molecule has 2 fully saturated rings. The fraction of sp³-hybridized carbons (Fsp3) is 1.00. The maximum atomic E-state index is 3.47. The van der Waals surface area contributed by atoms with Gasteiger partial charge < -0.3 is 10.2 Å². The van der Waals surface area contributed by atoms with Crippen LogP contribution in [0.2, 0.25) is 0 Å². The summed E-state index contributed by atoms with van der Waals surface area (Å²) in [5.74, 6) is 1.86. The van der Waals surface area contributed by atoms with Crippen LogP contribution in [0.4, 0.5) is 0 Å². The molecule has 2 heteroatoms. The van der Waals surface area contributed by atoms with Gasteiger partial charge in [-0.25, -0.2) is 0 Å². The maximum Gasteiger partial charge on any atom is 0.0114 e. The Labute approximate surface area is 114 Å². The molecule has 1 N–H and O–H groups in total. The van der Waals surface area contributed by atoms with Crippen molar-refractivity contribution in [2.75, 3.05) is 20.1 Å². The van der Waals surface area contributed by atoms with Crippen LogP contribution in [0.3, 0.4) is 0 Å². The Morgan fingerprint density at radius 1 is 1.11 bits per heavy atom. The molecule has 18 heavy (non-hydrogen) atoms. The lowest BCUT2D eigenvalue weighted by Gasteiger charge is -2.43. The monoisotopic (exact) mass is 252 g/mol. The molecular weight excluding hydrogens is 220 g/mol. The molecule has 1 aliphatic carbocycles. The Kier molecular flexibility index (Phi) is 5.50. The fourth-order valence-electron chi connectivity index (χ4n) is 4.15. The van der Waals surface area contributed by atoms with E-state index in [1.165, 1.54) is 58.0 Å². The summed E-state index contributed by atoms with van der Waals surface area (Å²) in [4.78, 5) is 2.79. The minimum Gasteiger partial charge on any atom is -0.317 e.